The molecule has 0 aromatic heterocycles. The van der Waals surface area contributed by atoms with E-state index in [0.29, 0.717) is 17.8 Å². The Morgan fingerprint density at radius 3 is 2.53 bits per heavy atom. The lowest BCUT2D eigenvalue weighted by molar-refractivity contribution is -0.125. The summed E-state index contributed by atoms with van der Waals surface area (Å²) in [6, 6.07) is 13.2. The van der Waals surface area contributed by atoms with Crippen LogP contribution in [-0.2, 0) is 16.1 Å². The summed E-state index contributed by atoms with van der Waals surface area (Å²) in [5.74, 6) is -0.430. The Hall–Kier alpha value is -3.35. The zero-order valence-electron chi connectivity index (χ0n) is 18.9. The number of rotatable bonds is 5. The molecule has 0 aliphatic carbocycles. The molecule has 0 spiro atoms. The lowest BCUT2D eigenvalue weighted by Crippen LogP contribution is -2.57. The van der Waals surface area contributed by atoms with E-state index in [1.54, 1.807) is 31.1 Å². The van der Waals surface area contributed by atoms with Crippen LogP contribution in [0.5, 0.6) is 0 Å². The molecule has 0 bridgehead atoms. The molecule has 0 radical (unpaired) electrons. The summed E-state index contributed by atoms with van der Waals surface area (Å²) >= 11 is 0. The van der Waals surface area contributed by atoms with Crippen LogP contribution in [0.4, 0.5) is 11.4 Å². The topological polar surface area (TPSA) is 73.0 Å². The lowest BCUT2D eigenvalue weighted by Gasteiger charge is -2.45. The maximum absolute atomic E-state index is 13.4. The minimum Gasteiger partial charge on any atom is -0.358 e. The third kappa shape index (κ3) is 4.33. The Morgan fingerprint density at radius 2 is 1.81 bits per heavy atom. The molecule has 4 rings (SSSR count). The number of amides is 3. The quantitative estimate of drug-likeness (QED) is 0.785. The van der Waals surface area contributed by atoms with Gasteiger partial charge in [-0.05, 0) is 49.9 Å². The summed E-state index contributed by atoms with van der Waals surface area (Å²) in [6.45, 7) is 3.16. The molecule has 2 aromatic rings. The number of aryl methyl sites for hydroxylation is 1. The molecule has 3 amide bonds. The van der Waals surface area contributed by atoms with Gasteiger partial charge in [-0.15, -0.1) is 0 Å². The summed E-state index contributed by atoms with van der Waals surface area (Å²) < 4.78 is 0. The number of nitrogens with zero attached hydrogens (tertiary/aromatic N) is 3. The highest BCUT2D eigenvalue weighted by molar-refractivity contribution is 6.09. The summed E-state index contributed by atoms with van der Waals surface area (Å²) in [5.41, 5.74) is 4.21. The van der Waals surface area contributed by atoms with Crippen molar-refractivity contribution in [1.82, 2.24) is 10.2 Å². The number of hydrogen-bond donors (Lipinski definition) is 1. The van der Waals surface area contributed by atoms with E-state index < -0.39 is 0 Å². The zero-order valence-corrected chi connectivity index (χ0v) is 18.9. The first kappa shape index (κ1) is 21.9. The molecule has 7 nitrogen and oxygen atoms in total. The van der Waals surface area contributed by atoms with E-state index >= 15 is 0 Å². The van der Waals surface area contributed by atoms with E-state index in [4.69, 9.17) is 0 Å². The smallest absolute Gasteiger partial charge is 0.253 e. The molecule has 0 saturated carbocycles. The first-order valence-electron chi connectivity index (χ1n) is 11.1. The van der Waals surface area contributed by atoms with Gasteiger partial charge in [0.2, 0.25) is 11.8 Å². The van der Waals surface area contributed by atoms with Crippen LogP contribution in [0.2, 0.25) is 0 Å². The van der Waals surface area contributed by atoms with Crippen LogP contribution < -0.4 is 15.1 Å². The van der Waals surface area contributed by atoms with E-state index in [-0.39, 0.29) is 30.3 Å². The second kappa shape index (κ2) is 9.02. The normalized spacial score (nSPS) is 17.5. The molecule has 2 heterocycles. The highest BCUT2D eigenvalue weighted by atomic mass is 16.2. The van der Waals surface area contributed by atoms with E-state index in [9.17, 15) is 14.4 Å². The Labute approximate surface area is 189 Å². The minimum absolute atomic E-state index is 0.0678. The van der Waals surface area contributed by atoms with Gasteiger partial charge in [0.05, 0.1) is 11.4 Å². The van der Waals surface area contributed by atoms with Crippen LogP contribution in [-0.4, -0.2) is 55.8 Å². The van der Waals surface area contributed by atoms with Crippen molar-refractivity contribution in [3.8, 4) is 0 Å². The van der Waals surface area contributed by atoms with Gasteiger partial charge in [0.15, 0.2) is 0 Å². The van der Waals surface area contributed by atoms with E-state index in [0.717, 1.165) is 42.6 Å². The van der Waals surface area contributed by atoms with Gasteiger partial charge in [-0.3, -0.25) is 19.3 Å². The summed E-state index contributed by atoms with van der Waals surface area (Å²) in [4.78, 5) is 43.9. The third-order valence-corrected chi connectivity index (χ3v) is 6.19. The second-order valence-electron chi connectivity index (χ2n) is 8.79. The van der Waals surface area contributed by atoms with Crippen LogP contribution in [0.1, 0.15) is 40.7 Å². The van der Waals surface area contributed by atoms with Crippen LogP contribution in [0, 0.1) is 6.92 Å². The molecular weight excluding hydrogens is 404 g/mol. The van der Waals surface area contributed by atoms with Crippen LogP contribution in [0.15, 0.2) is 42.5 Å². The standard InChI is InChI=1S/C25H30N4O3/c1-17-7-9-18(10-8-17)15-26-23(30)16-29-22-14-19(24(31)27(2)3)11-12-20(22)28-13-5-4-6-21(28)25(29)32/h7-12,14,21H,4-6,13,15-16H2,1-3H3,(H,26,30)/t21-/m0/s1. The molecule has 168 valence electrons. The molecule has 2 aromatic carbocycles. The van der Waals surface area contributed by atoms with E-state index in [1.165, 1.54) is 4.90 Å². The fourth-order valence-electron chi connectivity index (χ4n) is 4.42. The van der Waals surface area contributed by atoms with Gasteiger partial charge in [-0.25, -0.2) is 0 Å². The molecular formula is C25H30N4O3. The van der Waals surface area contributed by atoms with Gasteiger partial charge < -0.3 is 15.1 Å². The van der Waals surface area contributed by atoms with Gasteiger partial charge in [-0.2, -0.15) is 0 Å². The van der Waals surface area contributed by atoms with Gasteiger partial charge in [0.25, 0.3) is 5.91 Å². The Balaban J connectivity index is 1.59. The summed E-state index contributed by atoms with van der Waals surface area (Å²) in [7, 11) is 3.40. The second-order valence-corrected chi connectivity index (χ2v) is 8.79. The first-order valence-corrected chi connectivity index (χ1v) is 11.1. The average Bonchev–Trinajstić information content (AvgIpc) is 2.80. The number of fused-ring (bicyclic) bond motifs is 3. The molecule has 1 atom stereocenters. The maximum Gasteiger partial charge on any atom is 0.253 e. The Bertz CT molecular complexity index is 1030. The van der Waals surface area contributed by atoms with Crippen molar-refractivity contribution in [3.63, 3.8) is 0 Å². The Morgan fingerprint density at radius 1 is 1.06 bits per heavy atom. The molecule has 32 heavy (non-hydrogen) atoms. The number of piperidine rings is 1. The maximum atomic E-state index is 13.4. The number of anilines is 2. The molecule has 1 fully saturated rings. The van der Waals surface area contributed by atoms with Crippen molar-refractivity contribution in [1.29, 1.82) is 0 Å². The predicted molar refractivity (Wildman–Crippen MR) is 125 cm³/mol. The molecule has 1 saturated heterocycles. The van der Waals surface area contributed by atoms with Crippen molar-refractivity contribution in [2.24, 2.45) is 0 Å². The van der Waals surface area contributed by atoms with Crippen LogP contribution >= 0.6 is 0 Å². The number of benzene rings is 2. The molecule has 2 aliphatic rings. The molecule has 0 unspecified atom stereocenters. The molecule has 7 heteroatoms. The van der Waals surface area contributed by atoms with Crippen molar-refractivity contribution in [2.75, 3.05) is 37.0 Å². The predicted octanol–water partition coefficient (Wildman–Crippen LogP) is 2.72. The van der Waals surface area contributed by atoms with Crippen molar-refractivity contribution >= 4 is 29.1 Å². The number of nitrogens with one attached hydrogen (secondary N) is 1. The Kier molecular flexibility index (Phi) is 6.17. The van der Waals surface area contributed by atoms with E-state index in [2.05, 4.69) is 10.2 Å². The van der Waals surface area contributed by atoms with E-state index in [1.807, 2.05) is 37.3 Å². The minimum atomic E-state index is -0.253. The molecule has 1 N–H and O–H groups in total. The van der Waals surface area contributed by atoms with Gasteiger partial charge in [0, 0.05) is 32.7 Å². The largest absolute Gasteiger partial charge is 0.358 e. The fraction of sp³-hybridized carbons (Fsp3) is 0.400. The van der Waals surface area contributed by atoms with Crippen LogP contribution in [0.25, 0.3) is 0 Å². The monoisotopic (exact) mass is 434 g/mol. The summed E-state index contributed by atoms with van der Waals surface area (Å²) in [5, 5.41) is 2.92. The number of carbonyl (C=O) groups excluding carboxylic acids is 3. The van der Waals surface area contributed by atoms with Crippen LogP contribution in [0.3, 0.4) is 0 Å². The highest BCUT2D eigenvalue weighted by Gasteiger charge is 2.40. The lowest BCUT2D eigenvalue weighted by atomic mass is 9.95. The fourth-order valence-corrected chi connectivity index (χ4v) is 4.42. The van der Waals surface area contributed by atoms with Gasteiger partial charge in [-0.1, -0.05) is 29.8 Å². The average molecular weight is 435 g/mol. The first-order chi connectivity index (χ1) is 15.3. The van der Waals surface area contributed by atoms with Crippen molar-refractivity contribution in [2.45, 2.75) is 38.8 Å². The number of hydrogen-bond acceptors (Lipinski definition) is 4. The van der Waals surface area contributed by atoms with Crippen molar-refractivity contribution < 1.29 is 14.4 Å². The van der Waals surface area contributed by atoms with Gasteiger partial charge >= 0.3 is 0 Å². The van der Waals surface area contributed by atoms with Crippen molar-refractivity contribution in [3.05, 3.63) is 59.2 Å². The zero-order chi connectivity index (χ0) is 22.8. The number of carbonyl (C=O) groups is 3. The molecule has 2 aliphatic heterocycles. The summed E-state index contributed by atoms with van der Waals surface area (Å²) in [6.07, 6.45) is 2.80. The van der Waals surface area contributed by atoms with Gasteiger partial charge in [0.1, 0.15) is 12.6 Å². The highest BCUT2D eigenvalue weighted by Crippen LogP contribution is 2.40. The third-order valence-electron chi connectivity index (χ3n) is 6.19. The SMILES string of the molecule is Cc1ccc(CNC(=O)CN2C(=O)[C@@H]3CCCCN3c3ccc(C(=O)N(C)C)cc32)cc1.